The Hall–Kier alpha value is -0.180. The van der Waals surface area contributed by atoms with E-state index in [2.05, 4.69) is 6.92 Å². The number of rotatable bonds is 3. The Morgan fingerprint density at radius 2 is 2.27 bits per heavy atom. The van der Waals surface area contributed by atoms with Crippen molar-refractivity contribution < 1.29 is 8.78 Å². The lowest BCUT2D eigenvalue weighted by atomic mass is 10.1. The molecular formula is C8H15F2N. The molecule has 0 saturated carbocycles. The Morgan fingerprint density at radius 1 is 1.55 bits per heavy atom. The lowest BCUT2D eigenvalue weighted by Gasteiger charge is -2.14. The molecule has 1 saturated heterocycles. The number of halogens is 2. The topological polar surface area (TPSA) is 3.24 Å². The van der Waals surface area contributed by atoms with Crippen molar-refractivity contribution in [2.75, 3.05) is 19.6 Å². The molecule has 0 bridgehead atoms. The van der Waals surface area contributed by atoms with Gasteiger partial charge in [0.2, 0.25) is 0 Å². The summed E-state index contributed by atoms with van der Waals surface area (Å²) in [7, 11) is 0. The van der Waals surface area contributed by atoms with Gasteiger partial charge < -0.3 is 0 Å². The Morgan fingerprint density at radius 3 is 2.73 bits per heavy atom. The molecule has 66 valence electrons. The van der Waals surface area contributed by atoms with E-state index in [1.807, 2.05) is 4.90 Å². The molecule has 1 fully saturated rings. The van der Waals surface area contributed by atoms with Gasteiger partial charge in [0, 0.05) is 6.54 Å². The number of likely N-dealkylation sites (tertiary alicyclic amines) is 1. The van der Waals surface area contributed by atoms with Crippen LogP contribution >= 0.6 is 0 Å². The van der Waals surface area contributed by atoms with E-state index >= 15 is 0 Å². The second-order valence-corrected chi connectivity index (χ2v) is 3.21. The van der Waals surface area contributed by atoms with E-state index in [1.54, 1.807) is 0 Å². The van der Waals surface area contributed by atoms with E-state index < -0.39 is 6.43 Å². The van der Waals surface area contributed by atoms with Crippen LogP contribution in [0.4, 0.5) is 8.78 Å². The van der Waals surface area contributed by atoms with Gasteiger partial charge in [-0.3, -0.25) is 4.90 Å². The van der Waals surface area contributed by atoms with E-state index in [1.165, 1.54) is 0 Å². The minimum atomic E-state index is -2.16. The number of hydrogen-bond acceptors (Lipinski definition) is 1. The van der Waals surface area contributed by atoms with E-state index in [0.717, 1.165) is 25.9 Å². The zero-order chi connectivity index (χ0) is 8.27. The standard InChI is InChI=1S/C8H15F2N/c1-2-7-3-4-11(5-7)6-8(9)10/h7-8H,2-6H2,1H3/t7-/m1/s1. The fourth-order valence-electron chi connectivity index (χ4n) is 1.61. The highest BCUT2D eigenvalue weighted by atomic mass is 19.3. The third-order valence-electron chi connectivity index (χ3n) is 2.34. The summed E-state index contributed by atoms with van der Waals surface area (Å²) >= 11 is 0. The van der Waals surface area contributed by atoms with Crippen molar-refractivity contribution in [2.24, 2.45) is 5.92 Å². The van der Waals surface area contributed by atoms with Crippen molar-refractivity contribution in [3.05, 3.63) is 0 Å². The van der Waals surface area contributed by atoms with E-state index in [-0.39, 0.29) is 6.54 Å². The van der Waals surface area contributed by atoms with Crippen molar-refractivity contribution in [2.45, 2.75) is 26.2 Å². The molecule has 3 heteroatoms. The molecule has 0 aromatic rings. The van der Waals surface area contributed by atoms with Crippen LogP contribution < -0.4 is 0 Å². The van der Waals surface area contributed by atoms with Crippen LogP contribution in [0.2, 0.25) is 0 Å². The Kier molecular flexibility index (Phi) is 3.24. The first-order valence-electron chi connectivity index (χ1n) is 4.23. The van der Waals surface area contributed by atoms with Gasteiger partial charge in [0.25, 0.3) is 6.43 Å². The van der Waals surface area contributed by atoms with Crippen LogP contribution in [-0.2, 0) is 0 Å². The van der Waals surface area contributed by atoms with Gasteiger partial charge in [0.05, 0.1) is 6.54 Å². The summed E-state index contributed by atoms with van der Waals surface area (Å²) < 4.78 is 23.8. The zero-order valence-corrected chi connectivity index (χ0v) is 6.89. The largest absolute Gasteiger partial charge is 0.297 e. The molecule has 1 rings (SSSR count). The van der Waals surface area contributed by atoms with Crippen LogP contribution in [0.15, 0.2) is 0 Å². The van der Waals surface area contributed by atoms with Gasteiger partial charge in [-0.05, 0) is 18.9 Å². The molecule has 0 aromatic heterocycles. The molecule has 1 heterocycles. The van der Waals surface area contributed by atoms with Crippen LogP contribution in [0.25, 0.3) is 0 Å². The van der Waals surface area contributed by atoms with Crippen molar-refractivity contribution >= 4 is 0 Å². The molecule has 0 N–H and O–H groups in total. The summed E-state index contributed by atoms with van der Waals surface area (Å²) in [6.07, 6.45) is 0.0637. The monoisotopic (exact) mass is 163 g/mol. The van der Waals surface area contributed by atoms with Crippen LogP contribution in [0, 0.1) is 5.92 Å². The van der Waals surface area contributed by atoms with Crippen LogP contribution in [0.5, 0.6) is 0 Å². The van der Waals surface area contributed by atoms with E-state index in [0.29, 0.717) is 5.92 Å². The van der Waals surface area contributed by atoms with Crippen molar-refractivity contribution in [3.63, 3.8) is 0 Å². The molecular weight excluding hydrogens is 148 g/mol. The normalized spacial score (nSPS) is 26.7. The first-order valence-corrected chi connectivity index (χ1v) is 4.23. The van der Waals surface area contributed by atoms with Crippen LogP contribution in [0.3, 0.4) is 0 Å². The van der Waals surface area contributed by atoms with Gasteiger partial charge in [-0.2, -0.15) is 0 Å². The molecule has 0 aliphatic carbocycles. The second-order valence-electron chi connectivity index (χ2n) is 3.21. The molecule has 0 unspecified atom stereocenters. The molecule has 1 aliphatic rings. The molecule has 11 heavy (non-hydrogen) atoms. The fourth-order valence-corrected chi connectivity index (χ4v) is 1.61. The predicted molar refractivity (Wildman–Crippen MR) is 40.8 cm³/mol. The van der Waals surface area contributed by atoms with Crippen LogP contribution in [0.1, 0.15) is 19.8 Å². The minimum Gasteiger partial charge on any atom is -0.297 e. The fraction of sp³-hybridized carbons (Fsp3) is 1.00. The van der Waals surface area contributed by atoms with Gasteiger partial charge in [-0.25, -0.2) is 8.78 Å². The molecule has 0 aromatic carbocycles. The Balaban J connectivity index is 2.19. The third kappa shape index (κ3) is 2.73. The number of alkyl halides is 2. The highest BCUT2D eigenvalue weighted by molar-refractivity contribution is 4.74. The lowest BCUT2D eigenvalue weighted by molar-refractivity contribution is 0.0978. The van der Waals surface area contributed by atoms with Crippen molar-refractivity contribution in [3.8, 4) is 0 Å². The average Bonchev–Trinajstić information content (AvgIpc) is 2.34. The maximum atomic E-state index is 11.9. The van der Waals surface area contributed by atoms with Crippen molar-refractivity contribution in [1.82, 2.24) is 4.90 Å². The SMILES string of the molecule is CC[C@@H]1CCN(CC(F)F)C1. The van der Waals surface area contributed by atoms with Gasteiger partial charge in [0.15, 0.2) is 0 Å². The lowest BCUT2D eigenvalue weighted by Crippen LogP contribution is -2.26. The Labute approximate surface area is 66.4 Å². The highest BCUT2D eigenvalue weighted by Crippen LogP contribution is 2.19. The molecule has 1 atom stereocenters. The minimum absolute atomic E-state index is 0.0312. The van der Waals surface area contributed by atoms with E-state index in [4.69, 9.17) is 0 Å². The summed E-state index contributed by atoms with van der Waals surface area (Å²) in [5.41, 5.74) is 0. The first-order chi connectivity index (χ1) is 5.22. The molecule has 1 aliphatic heterocycles. The summed E-state index contributed by atoms with van der Waals surface area (Å²) in [5, 5.41) is 0. The predicted octanol–water partition coefficient (Wildman–Crippen LogP) is 1.98. The average molecular weight is 163 g/mol. The van der Waals surface area contributed by atoms with Gasteiger partial charge in [0.1, 0.15) is 0 Å². The summed E-state index contributed by atoms with van der Waals surface area (Å²) in [6, 6.07) is 0. The smallest absolute Gasteiger partial charge is 0.251 e. The molecule has 0 amide bonds. The second kappa shape index (κ2) is 4.00. The quantitative estimate of drug-likeness (QED) is 0.615. The van der Waals surface area contributed by atoms with Gasteiger partial charge in [-0.1, -0.05) is 13.3 Å². The van der Waals surface area contributed by atoms with Gasteiger partial charge in [-0.15, -0.1) is 0 Å². The number of hydrogen-bond donors (Lipinski definition) is 0. The van der Waals surface area contributed by atoms with Gasteiger partial charge >= 0.3 is 0 Å². The third-order valence-corrected chi connectivity index (χ3v) is 2.34. The van der Waals surface area contributed by atoms with E-state index in [9.17, 15) is 8.78 Å². The summed E-state index contributed by atoms with van der Waals surface area (Å²) in [6.45, 7) is 3.83. The molecule has 0 radical (unpaired) electrons. The van der Waals surface area contributed by atoms with Crippen LogP contribution in [-0.4, -0.2) is 31.0 Å². The highest BCUT2D eigenvalue weighted by Gasteiger charge is 2.22. The zero-order valence-electron chi connectivity index (χ0n) is 6.89. The summed E-state index contributed by atoms with van der Waals surface area (Å²) in [4.78, 5) is 1.86. The molecule has 0 spiro atoms. The maximum Gasteiger partial charge on any atom is 0.251 e. The summed E-state index contributed by atoms with van der Waals surface area (Å²) in [5.74, 6) is 0.661. The molecule has 1 nitrogen and oxygen atoms in total. The number of nitrogens with zero attached hydrogens (tertiary/aromatic N) is 1. The maximum absolute atomic E-state index is 11.9. The van der Waals surface area contributed by atoms with Crippen molar-refractivity contribution in [1.29, 1.82) is 0 Å². The Bertz CT molecular complexity index is 117. The first kappa shape index (κ1) is 8.91.